The molecule has 0 bridgehead atoms. The van der Waals surface area contributed by atoms with E-state index in [1.165, 1.54) is 68.7 Å². The van der Waals surface area contributed by atoms with Crippen molar-refractivity contribution in [3.05, 3.63) is 77.6 Å². The van der Waals surface area contributed by atoms with E-state index in [-0.39, 0.29) is 35.5 Å². The van der Waals surface area contributed by atoms with Gasteiger partial charge in [0, 0.05) is 126 Å². The van der Waals surface area contributed by atoms with Crippen molar-refractivity contribution in [2.24, 2.45) is 53.3 Å². The second-order valence-corrected chi connectivity index (χ2v) is 30.7. The number of hydrogen-bond acceptors (Lipinski definition) is 17. The van der Waals surface area contributed by atoms with Gasteiger partial charge >= 0.3 is 19.2 Å². The number of hydrogen-bond donors (Lipinski definition) is 6. The molecule has 15 rings (SSSR count). The van der Waals surface area contributed by atoms with Gasteiger partial charge in [0.2, 0.25) is 0 Å². The van der Waals surface area contributed by atoms with Crippen LogP contribution in [-0.2, 0) is 6.18 Å². The van der Waals surface area contributed by atoms with E-state index in [2.05, 4.69) is 96.5 Å². The fraction of sp³-hybridized carbons (Fsp3) is 0.667. The van der Waals surface area contributed by atoms with Crippen molar-refractivity contribution in [2.75, 3.05) is 76.3 Å². The van der Waals surface area contributed by atoms with Gasteiger partial charge in [-0.05, 0) is 248 Å². The third-order valence-electron chi connectivity index (χ3n) is 23.6. The predicted octanol–water partition coefficient (Wildman–Crippen LogP) is 12.4. The summed E-state index contributed by atoms with van der Waals surface area (Å²) in [6.07, 6.45) is 8.59. The first-order valence-electron chi connectivity index (χ1n) is 36.1. The van der Waals surface area contributed by atoms with Gasteiger partial charge in [0.1, 0.15) is 5.82 Å². The summed E-state index contributed by atoms with van der Waals surface area (Å²) in [6, 6.07) is 12.2. The summed E-state index contributed by atoms with van der Waals surface area (Å²) in [7, 11) is 0. The Kier molecular flexibility index (Phi) is 20.7. The van der Waals surface area contributed by atoms with E-state index in [1.54, 1.807) is 6.20 Å². The lowest BCUT2D eigenvalue weighted by Gasteiger charge is -2.36. The van der Waals surface area contributed by atoms with Gasteiger partial charge in [0.05, 0.1) is 22.6 Å². The second kappa shape index (κ2) is 28.8. The zero-order chi connectivity index (χ0) is 71.0. The topological polar surface area (TPSA) is 259 Å². The number of alkyl halides is 8. The number of nitrogens with two attached hydrogens (primary N) is 3. The lowest BCUT2D eigenvalue weighted by atomic mass is 9.94. The van der Waals surface area contributed by atoms with Crippen LogP contribution in [0.15, 0.2) is 55.0 Å². The number of nitrogens with zero attached hydrogens (tertiary/aromatic N) is 12. The van der Waals surface area contributed by atoms with Gasteiger partial charge in [-0.2, -0.15) is 37.2 Å². The van der Waals surface area contributed by atoms with Gasteiger partial charge in [-0.3, -0.25) is 14.0 Å². The summed E-state index contributed by atoms with van der Waals surface area (Å²) < 4.78 is 118. The molecule has 6 aromatic heterocycles. The number of aliphatic hydroxyl groups is 3. The van der Waals surface area contributed by atoms with Gasteiger partial charge in [0.15, 0.2) is 23.1 Å². The van der Waals surface area contributed by atoms with Crippen molar-refractivity contribution in [2.45, 2.75) is 192 Å². The summed E-state index contributed by atoms with van der Waals surface area (Å²) in [6.45, 7) is 16.9. The monoisotopic (exact) mass is 1400 g/mol. The predicted molar refractivity (Wildman–Crippen MR) is 361 cm³/mol. The molecule has 0 radical (unpaired) electrons. The maximum absolute atomic E-state index is 13.3. The molecule has 0 spiro atoms. The SMILES string of the molecule is CC(C)n1nc(-c2cnc(N)c(C(F)(F)F)c2)cc1C1[C@H]2CC(N3CCC(CO)CC3)C[C@@H]12.CC(C)n1nc(-c2cnc(N)c(OC(F)(F)F)c2)cc1C1[C@H]2CC(N3CCC(CO)CC3)C[C@@H]12.CC(C)n1nc(-c2cnc(N)c(OC(F)F)c2)cc1C1[C@H]2CC(N3CCC(CO)CC3)C[C@@H]12. The molecule has 20 nitrogen and oxygen atoms in total. The van der Waals surface area contributed by atoms with E-state index < -0.39 is 36.3 Å². The van der Waals surface area contributed by atoms with Crippen molar-refractivity contribution in [3.8, 4) is 45.3 Å². The van der Waals surface area contributed by atoms with Crippen LogP contribution in [0.25, 0.3) is 33.8 Å². The number of likely N-dealkylation sites (tertiary alicyclic amines) is 3. The highest BCUT2D eigenvalue weighted by molar-refractivity contribution is 5.66. The van der Waals surface area contributed by atoms with Crippen LogP contribution in [0.3, 0.4) is 0 Å². The van der Waals surface area contributed by atoms with Crippen LogP contribution in [0.2, 0.25) is 0 Å². The number of pyridine rings is 3. The Morgan fingerprint density at radius 1 is 0.450 bits per heavy atom. The molecule has 28 heteroatoms. The number of piperidine rings is 3. The third-order valence-corrected chi connectivity index (χ3v) is 23.6. The molecule has 0 amide bonds. The maximum Gasteiger partial charge on any atom is 0.573 e. The first-order chi connectivity index (χ1) is 47.7. The van der Waals surface area contributed by atoms with Crippen molar-refractivity contribution in [1.82, 2.24) is 59.0 Å². The zero-order valence-electron chi connectivity index (χ0n) is 57.8. The molecule has 100 heavy (non-hydrogen) atoms. The summed E-state index contributed by atoms with van der Waals surface area (Å²) in [4.78, 5) is 19.5. The van der Waals surface area contributed by atoms with Gasteiger partial charge < -0.3 is 56.7 Å². The molecule has 9 N–H and O–H groups in total. The number of fused-ring (bicyclic) bond motifs is 3. The van der Waals surface area contributed by atoms with E-state index in [0.29, 0.717) is 143 Å². The molecule has 6 aromatic rings. The Morgan fingerprint density at radius 2 is 0.750 bits per heavy atom. The van der Waals surface area contributed by atoms with E-state index in [4.69, 9.17) is 27.4 Å². The highest BCUT2D eigenvalue weighted by Crippen LogP contribution is 2.67. The second-order valence-electron chi connectivity index (χ2n) is 30.7. The van der Waals surface area contributed by atoms with Crippen molar-refractivity contribution in [1.29, 1.82) is 0 Å². The van der Waals surface area contributed by atoms with E-state index in [0.717, 1.165) is 95.2 Å². The number of anilines is 3. The number of aromatic nitrogens is 9. The fourth-order valence-corrected chi connectivity index (χ4v) is 18.2. The largest absolute Gasteiger partial charge is 0.573 e. The van der Waals surface area contributed by atoms with E-state index >= 15 is 0 Å². The molecule has 3 aliphatic heterocycles. The molecule has 6 unspecified atom stereocenters. The summed E-state index contributed by atoms with van der Waals surface area (Å²) in [5.74, 6) is 5.02. The molecule has 12 atom stereocenters. The highest BCUT2D eigenvalue weighted by atomic mass is 19.4. The quantitative estimate of drug-likeness (QED) is 0.0437. The first-order valence-corrected chi connectivity index (χ1v) is 36.1. The Hall–Kier alpha value is -6.72. The molecule has 3 saturated heterocycles. The number of halogens is 8. The standard InChI is InChI=1S/C24H32F3N5O2.C24H32F3N5O.C24H33F2N5O2/c1-13(2)32-20(10-19(30-32)15-7-21(23(28)29-11-15)34-24(25,26)27)22-17-8-16(9-18(17)22)31-5-3-14(12-33)4-6-31;1-13(2)32-21(10-20(30-32)15-7-19(24(25,26)27)23(28)29-11-15)22-17-8-16(9-18(17)22)31-5-3-14(12-33)4-6-31;1-13(2)31-20(10-19(29-31)15-7-21(33-24(25)26)23(27)28-11-15)22-17-8-16(9-18(17)22)30-5-3-14(12-32)4-6-30/h7,10-11,13-14,16-18,22,33H,3-6,8-9,12H2,1-2H3,(H2,28,29);7,10-11,13-14,16-18,22,33H,3-6,8-9,12H2,1-2H3,(H2,28,29);7,10-11,13-14,16-18,22,24,32H,3-6,8-9,12H2,1-2H3,(H2,27,28)/t3*16?,17-,18+,22?. The average molecular weight is 1400 g/mol. The van der Waals surface area contributed by atoms with Crippen LogP contribution in [0.4, 0.5) is 52.6 Å². The van der Waals surface area contributed by atoms with Crippen LogP contribution in [0.1, 0.15) is 177 Å². The molecule has 9 heterocycles. The average Bonchev–Trinajstić information content (AvgIpc) is 1.57. The van der Waals surface area contributed by atoms with Gasteiger partial charge in [-0.25, -0.2) is 15.0 Å². The van der Waals surface area contributed by atoms with Crippen LogP contribution in [0, 0.1) is 53.3 Å². The minimum atomic E-state index is -4.84. The number of ether oxygens (including phenoxy) is 2. The molecule has 9 aliphatic rings. The number of rotatable bonds is 18. The van der Waals surface area contributed by atoms with Crippen LogP contribution in [0.5, 0.6) is 11.5 Å². The van der Waals surface area contributed by atoms with Crippen molar-refractivity contribution < 1.29 is 59.9 Å². The van der Waals surface area contributed by atoms with Crippen molar-refractivity contribution in [3.63, 3.8) is 0 Å². The van der Waals surface area contributed by atoms with Gasteiger partial charge in [0.25, 0.3) is 0 Å². The lowest BCUT2D eigenvalue weighted by Crippen LogP contribution is -2.41. The normalized spacial score (nSPS) is 28.1. The van der Waals surface area contributed by atoms with Gasteiger partial charge in [-0.1, -0.05) is 0 Å². The van der Waals surface area contributed by atoms with Gasteiger partial charge in [-0.15, -0.1) is 13.2 Å². The Labute approximate surface area is 578 Å². The van der Waals surface area contributed by atoms with Crippen LogP contribution < -0.4 is 26.7 Å². The van der Waals surface area contributed by atoms with Crippen molar-refractivity contribution >= 4 is 17.5 Å². The van der Waals surface area contributed by atoms with Crippen LogP contribution >= 0.6 is 0 Å². The summed E-state index contributed by atoms with van der Waals surface area (Å²) in [5.41, 5.74) is 22.5. The summed E-state index contributed by atoms with van der Waals surface area (Å²) >= 11 is 0. The first kappa shape index (κ1) is 71.7. The minimum Gasteiger partial charge on any atom is -0.431 e. The minimum absolute atomic E-state index is 0.0617. The molecular formula is C72H97F8N15O5. The smallest absolute Gasteiger partial charge is 0.431 e. The highest BCUT2D eigenvalue weighted by Gasteiger charge is 2.61. The Bertz CT molecular complexity index is 3760. The van der Waals surface area contributed by atoms with E-state index in [9.17, 15) is 50.4 Å². The Morgan fingerprint density at radius 3 is 1.04 bits per heavy atom. The molecule has 9 fully saturated rings. The maximum atomic E-state index is 13.3. The van der Waals surface area contributed by atoms with Crippen LogP contribution in [-0.4, -0.2) is 165 Å². The summed E-state index contributed by atoms with van der Waals surface area (Å²) in [5, 5.41) is 42.4. The molecule has 6 aliphatic carbocycles. The van der Waals surface area contributed by atoms with E-state index in [1.807, 2.05) is 21.5 Å². The molecular weight excluding hydrogens is 1310 g/mol. The molecule has 0 aromatic carbocycles. The molecule has 6 saturated carbocycles. The Balaban J connectivity index is 0.000000134. The third kappa shape index (κ3) is 15.2. The fourth-order valence-electron chi connectivity index (χ4n) is 18.2. The lowest BCUT2D eigenvalue weighted by molar-refractivity contribution is -0.274. The zero-order valence-corrected chi connectivity index (χ0v) is 57.8. The molecule has 546 valence electrons. The number of nitrogen functional groups attached to an aromatic ring is 3. The number of aliphatic hydroxyl groups excluding tert-OH is 3.